The van der Waals surface area contributed by atoms with Crippen LogP contribution in [0.5, 0.6) is 0 Å². The van der Waals surface area contributed by atoms with Crippen LogP contribution in [0.4, 0.5) is 5.82 Å². The molecule has 0 atom stereocenters. The van der Waals surface area contributed by atoms with Gasteiger partial charge in [0.25, 0.3) is 0 Å². The van der Waals surface area contributed by atoms with E-state index in [9.17, 15) is 0 Å². The predicted octanol–water partition coefficient (Wildman–Crippen LogP) is 3.78. The van der Waals surface area contributed by atoms with Crippen LogP contribution in [0.15, 0.2) is 52.0 Å². The number of aliphatic imine (C=N–C) groups is 1. The molecule has 152 valence electrons. The minimum Gasteiger partial charge on any atom is -0.459 e. The minimum absolute atomic E-state index is 0.402. The number of fused-ring (bicyclic) bond motifs is 1. The number of aryl methyl sites for hydroxylation is 2. The number of para-hydroxylation sites is 1. The molecule has 2 aromatic heterocycles. The number of benzene rings is 1. The Kier molecular flexibility index (Phi) is 5.69. The van der Waals surface area contributed by atoms with E-state index in [1.54, 1.807) is 0 Å². The van der Waals surface area contributed by atoms with Crippen molar-refractivity contribution in [3.05, 3.63) is 59.5 Å². The molecule has 6 nitrogen and oxygen atoms in total. The maximum absolute atomic E-state index is 6.00. The summed E-state index contributed by atoms with van der Waals surface area (Å²) in [4.78, 5) is 11.3. The highest BCUT2D eigenvalue weighted by Gasteiger charge is 2.21. The van der Waals surface area contributed by atoms with E-state index in [1.165, 1.54) is 16.5 Å². The van der Waals surface area contributed by atoms with Gasteiger partial charge in [0, 0.05) is 43.3 Å². The summed E-state index contributed by atoms with van der Waals surface area (Å²) in [6, 6.07) is 12.8. The highest BCUT2D eigenvalue weighted by molar-refractivity contribution is 5.83. The molecule has 0 unspecified atom stereocenters. The molecule has 6 heteroatoms. The van der Waals surface area contributed by atoms with Crippen LogP contribution in [0, 0.1) is 13.8 Å². The zero-order valence-electron chi connectivity index (χ0n) is 17.4. The zero-order chi connectivity index (χ0) is 20.2. The first-order valence-corrected chi connectivity index (χ1v) is 10.3. The number of anilines is 1. The van der Waals surface area contributed by atoms with Crippen LogP contribution >= 0.6 is 0 Å². The molecule has 3 heterocycles. The second kappa shape index (κ2) is 8.55. The van der Waals surface area contributed by atoms with Gasteiger partial charge in [0.2, 0.25) is 0 Å². The monoisotopic (exact) mass is 391 g/mol. The number of rotatable bonds is 4. The van der Waals surface area contributed by atoms with Gasteiger partial charge in [-0.15, -0.1) is 0 Å². The van der Waals surface area contributed by atoms with Gasteiger partial charge in [-0.25, -0.2) is 4.98 Å². The van der Waals surface area contributed by atoms with Gasteiger partial charge in [0.05, 0.1) is 6.54 Å². The number of nitrogens with zero attached hydrogens (tertiary/aromatic N) is 3. The molecule has 29 heavy (non-hydrogen) atoms. The maximum Gasteiger partial charge on any atom is 0.191 e. The fourth-order valence-electron chi connectivity index (χ4n) is 3.85. The number of furan rings is 1. The van der Waals surface area contributed by atoms with Gasteiger partial charge in [0.1, 0.15) is 17.2 Å². The summed E-state index contributed by atoms with van der Waals surface area (Å²) >= 11 is 0. The number of piperidine rings is 1. The summed E-state index contributed by atoms with van der Waals surface area (Å²) in [5, 5.41) is 8.13. The van der Waals surface area contributed by atoms with Crippen molar-refractivity contribution in [2.75, 3.05) is 25.0 Å². The molecule has 1 fully saturated rings. The van der Waals surface area contributed by atoms with Crippen molar-refractivity contribution in [2.24, 2.45) is 4.99 Å². The van der Waals surface area contributed by atoms with E-state index >= 15 is 0 Å². The first-order chi connectivity index (χ1) is 14.1. The Morgan fingerprint density at radius 2 is 1.97 bits per heavy atom. The molecular formula is C23H29N5O. The number of hydrogen-bond acceptors (Lipinski definition) is 4. The second-order valence-corrected chi connectivity index (χ2v) is 7.67. The third-order valence-electron chi connectivity index (χ3n) is 5.64. The molecule has 1 aliphatic rings. The van der Waals surface area contributed by atoms with E-state index in [4.69, 9.17) is 4.42 Å². The second-order valence-electron chi connectivity index (χ2n) is 7.67. The quantitative estimate of drug-likeness (QED) is 0.523. The lowest BCUT2D eigenvalue weighted by Gasteiger charge is -2.33. The largest absolute Gasteiger partial charge is 0.459 e. The molecule has 2 N–H and O–H groups in total. The Bertz CT molecular complexity index is 984. The van der Waals surface area contributed by atoms with Crippen LogP contribution in [-0.2, 0) is 6.54 Å². The van der Waals surface area contributed by atoms with Crippen LogP contribution in [0.1, 0.15) is 29.7 Å². The third-order valence-corrected chi connectivity index (χ3v) is 5.64. The van der Waals surface area contributed by atoms with Crippen LogP contribution < -0.4 is 15.5 Å². The summed E-state index contributed by atoms with van der Waals surface area (Å²) in [5.74, 6) is 2.84. The van der Waals surface area contributed by atoms with Crippen LogP contribution in [-0.4, -0.2) is 37.1 Å². The lowest BCUT2D eigenvalue weighted by Crippen LogP contribution is -2.48. The van der Waals surface area contributed by atoms with E-state index in [1.807, 2.05) is 31.4 Å². The van der Waals surface area contributed by atoms with Gasteiger partial charge in [-0.2, -0.15) is 0 Å². The van der Waals surface area contributed by atoms with Crippen molar-refractivity contribution in [2.45, 2.75) is 39.3 Å². The Morgan fingerprint density at radius 1 is 1.17 bits per heavy atom. The number of nitrogens with one attached hydrogen (secondary N) is 2. The highest BCUT2D eigenvalue weighted by atomic mass is 16.3. The summed E-state index contributed by atoms with van der Waals surface area (Å²) in [7, 11) is 1.81. The topological polar surface area (TPSA) is 65.7 Å². The number of hydrogen-bond donors (Lipinski definition) is 2. The molecule has 0 bridgehead atoms. The van der Waals surface area contributed by atoms with Gasteiger partial charge >= 0.3 is 0 Å². The van der Waals surface area contributed by atoms with Gasteiger partial charge in [-0.05, 0) is 44.4 Å². The fourth-order valence-corrected chi connectivity index (χ4v) is 3.85. The van der Waals surface area contributed by atoms with Crippen molar-refractivity contribution < 1.29 is 4.42 Å². The van der Waals surface area contributed by atoms with Crippen LogP contribution in [0.3, 0.4) is 0 Å². The standard InChI is InChI=1S/C23H29N5O/c1-16-8-9-22(25-14-16)28-12-10-18(11-13-28)27-23(24-3)26-15-21-17(2)19-6-4-5-7-20(19)29-21/h4-9,14,18H,10-13,15H2,1-3H3,(H2,24,26,27). The number of guanidine groups is 1. The normalized spacial score (nSPS) is 15.7. The third kappa shape index (κ3) is 4.36. The molecule has 1 aromatic carbocycles. The highest BCUT2D eigenvalue weighted by Crippen LogP contribution is 2.24. The minimum atomic E-state index is 0.402. The summed E-state index contributed by atoms with van der Waals surface area (Å²) in [6.07, 6.45) is 4.05. The van der Waals surface area contributed by atoms with Crippen LogP contribution in [0.25, 0.3) is 11.0 Å². The van der Waals surface area contributed by atoms with Crippen LogP contribution in [0.2, 0.25) is 0 Å². The fraction of sp³-hybridized carbons (Fsp3) is 0.391. The van der Waals surface area contributed by atoms with E-state index in [-0.39, 0.29) is 0 Å². The van der Waals surface area contributed by atoms with Gasteiger partial charge in [-0.1, -0.05) is 24.3 Å². The Morgan fingerprint density at radius 3 is 2.66 bits per heavy atom. The van der Waals surface area contributed by atoms with Crippen molar-refractivity contribution in [1.29, 1.82) is 0 Å². The molecule has 0 saturated carbocycles. The van der Waals surface area contributed by atoms with Gasteiger partial charge < -0.3 is 20.0 Å². The van der Waals surface area contributed by atoms with Gasteiger partial charge in [-0.3, -0.25) is 4.99 Å². The van der Waals surface area contributed by atoms with Gasteiger partial charge in [0.15, 0.2) is 5.96 Å². The molecule has 1 saturated heterocycles. The Labute approximate surface area is 172 Å². The smallest absolute Gasteiger partial charge is 0.191 e. The van der Waals surface area contributed by atoms with Crippen molar-refractivity contribution >= 4 is 22.7 Å². The summed E-state index contributed by atoms with van der Waals surface area (Å²) < 4.78 is 6.00. The first-order valence-electron chi connectivity index (χ1n) is 10.3. The molecule has 0 amide bonds. The van der Waals surface area contributed by atoms with E-state index in [0.29, 0.717) is 12.6 Å². The average Bonchev–Trinajstić information content (AvgIpc) is 3.08. The first kappa shape index (κ1) is 19.3. The lowest BCUT2D eigenvalue weighted by molar-refractivity contribution is 0.457. The molecule has 3 aromatic rings. The summed E-state index contributed by atoms with van der Waals surface area (Å²) in [5.41, 5.74) is 3.31. The lowest BCUT2D eigenvalue weighted by atomic mass is 10.1. The molecular weight excluding hydrogens is 362 g/mol. The van der Waals surface area contributed by atoms with Crippen molar-refractivity contribution in [3.63, 3.8) is 0 Å². The number of pyridine rings is 1. The molecule has 0 aliphatic carbocycles. The molecule has 0 radical (unpaired) electrons. The van der Waals surface area contributed by atoms with E-state index in [2.05, 4.69) is 57.6 Å². The maximum atomic E-state index is 6.00. The average molecular weight is 392 g/mol. The Hall–Kier alpha value is -3.02. The van der Waals surface area contributed by atoms with E-state index in [0.717, 1.165) is 49.1 Å². The van der Waals surface area contributed by atoms with Crippen molar-refractivity contribution in [3.8, 4) is 0 Å². The zero-order valence-corrected chi connectivity index (χ0v) is 17.4. The SMILES string of the molecule is CN=C(NCc1oc2ccccc2c1C)NC1CCN(c2ccc(C)cn2)CC1. The molecule has 4 rings (SSSR count). The van der Waals surface area contributed by atoms with Crippen molar-refractivity contribution in [1.82, 2.24) is 15.6 Å². The molecule has 1 aliphatic heterocycles. The molecule has 0 spiro atoms. The van der Waals surface area contributed by atoms with E-state index < -0.39 is 0 Å². The summed E-state index contributed by atoms with van der Waals surface area (Å²) in [6.45, 7) is 6.78. The Balaban J connectivity index is 1.30. The number of aromatic nitrogens is 1. The predicted molar refractivity (Wildman–Crippen MR) is 118 cm³/mol.